The van der Waals surface area contributed by atoms with Crippen molar-refractivity contribution in [3.63, 3.8) is 0 Å². The van der Waals surface area contributed by atoms with E-state index in [1.54, 1.807) is 10.8 Å². The summed E-state index contributed by atoms with van der Waals surface area (Å²) in [5.41, 5.74) is 0.453. The molecule has 1 aromatic carbocycles. The van der Waals surface area contributed by atoms with Crippen LogP contribution < -0.4 is 20.4 Å². The topological polar surface area (TPSA) is 110 Å². The maximum Gasteiger partial charge on any atom is 0.341 e. The molecule has 0 bridgehead atoms. The number of hydrogen-bond acceptors (Lipinski definition) is 7. The van der Waals surface area contributed by atoms with Gasteiger partial charge in [-0.15, -0.1) is 0 Å². The highest BCUT2D eigenvalue weighted by molar-refractivity contribution is 5.97. The summed E-state index contributed by atoms with van der Waals surface area (Å²) in [6, 6.07) is 1.27. The molecule has 192 valence electrons. The molecule has 10 heteroatoms. The van der Waals surface area contributed by atoms with Crippen LogP contribution in [0.3, 0.4) is 0 Å². The lowest BCUT2D eigenvalue weighted by Crippen LogP contribution is -2.35. The molecule has 2 aliphatic rings. The number of hydrogen-bond donors (Lipinski definition) is 2. The first kappa shape index (κ1) is 24.3. The molecule has 1 saturated carbocycles. The van der Waals surface area contributed by atoms with E-state index in [2.05, 4.69) is 24.1 Å². The summed E-state index contributed by atoms with van der Waals surface area (Å²) >= 11 is 0. The van der Waals surface area contributed by atoms with Crippen LogP contribution in [-0.4, -0.2) is 46.9 Å². The lowest BCUT2D eigenvalue weighted by molar-refractivity contribution is 0.0694. The van der Waals surface area contributed by atoms with E-state index >= 15 is 4.39 Å². The van der Waals surface area contributed by atoms with Crippen LogP contribution in [0.25, 0.3) is 10.9 Å². The highest BCUT2D eigenvalue weighted by Crippen LogP contribution is 2.45. The number of methoxy groups -OCH3 is 1. The van der Waals surface area contributed by atoms with Gasteiger partial charge in [-0.2, -0.15) is 0 Å². The summed E-state index contributed by atoms with van der Waals surface area (Å²) < 4.78 is 28.9. The maximum atomic E-state index is 15.7. The smallest absolute Gasteiger partial charge is 0.341 e. The number of halogens is 1. The highest BCUT2D eigenvalue weighted by atomic mass is 19.1. The Hall–Kier alpha value is -3.40. The first-order chi connectivity index (χ1) is 17.2. The molecule has 2 N–H and O–H groups in total. The van der Waals surface area contributed by atoms with Crippen LogP contribution in [0.1, 0.15) is 67.1 Å². The molecule has 1 saturated heterocycles. The van der Waals surface area contributed by atoms with Gasteiger partial charge < -0.3 is 29.0 Å². The van der Waals surface area contributed by atoms with Gasteiger partial charge in [0.15, 0.2) is 11.6 Å². The number of aromatic carboxylic acids is 1. The van der Waals surface area contributed by atoms with Crippen molar-refractivity contribution >= 4 is 22.6 Å². The van der Waals surface area contributed by atoms with Crippen LogP contribution in [0, 0.1) is 18.7 Å². The number of oxazole rings is 1. The number of aryl methyl sites for hydroxylation is 1. The van der Waals surface area contributed by atoms with Crippen molar-refractivity contribution in [1.82, 2.24) is 14.9 Å². The Morgan fingerprint density at radius 3 is 2.67 bits per heavy atom. The minimum absolute atomic E-state index is 0.0188. The Kier molecular flexibility index (Phi) is 6.23. The summed E-state index contributed by atoms with van der Waals surface area (Å²) in [7, 11) is 1.46. The van der Waals surface area contributed by atoms with E-state index in [1.165, 1.54) is 13.3 Å². The van der Waals surface area contributed by atoms with Gasteiger partial charge in [-0.25, -0.2) is 14.2 Å². The lowest BCUT2D eigenvalue weighted by Gasteiger charge is -2.27. The molecule has 2 aromatic heterocycles. The molecule has 0 radical (unpaired) electrons. The van der Waals surface area contributed by atoms with Gasteiger partial charge in [0.05, 0.1) is 29.7 Å². The summed E-state index contributed by atoms with van der Waals surface area (Å²) in [5.74, 6) is -0.963. The van der Waals surface area contributed by atoms with Crippen molar-refractivity contribution in [3.05, 3.63) is 51.7 Å². The van der Waals surface area contributed by atoms with Crippen molar-refractivity contribution in [2.45, 2.75) is 58.2 Å². The van der Waals surface area contributed by atoms with Crippen molar-refractivity contribution in [2.24, 2.45) is 5.92 Å². The van der Waals surface area contributed by atoms with E-state index in [1.807, 2.05) is 11.8 Å². The number of carboxylic acids is 1. The molecule has 2 atom stereocenters. The molecular formula is C26H31FN4O5. The number of fused-ring (bicyclic) bond motifs is 1. The average Bonchev–Trinajstić information content (AvgIpc) is 3.40. The fourth-order valence-corrected chi connectivity index (χ4v) is 5.27. The maximum absolute atomic E-state index is 15.7. The largest absolute Gasteiger partial charge is 0.492 e. The van der Waals surface area contributed by atoms with Crippen LogP contribution in [0.15, 0.2) is 27.7 Å². The predicted molar refractivity (Wildman–Crippen MR) is 133 cm³/mol. The van der Waals surface area contributed by atoms with Crippen LogP contribution in [0.4, 0.5) is 10.1 Å². The van der Waals surface area contributed by atoms with E-state index in [-0.39, 0.29) is 46.4 Å². The minimum Gasteiger partial charge on any atom is -0.492 e. The van der Waals surface area contributed by atoms with Gasteiger partial charge in [-0.1, -0.05) is 13.8 Å². The van der Waals surface area contributed by atoms with Gasteiger partial charge in [0.25, 0.3) is 0 Å². The Bertz CT molecular complexity index is 1380. The fraction of sp³-hybridized carbons (Fsp3) is 0.500. The van der Waals surface area contributed by atoms with Crippen molar-refractivity contribution in [1.29, 1.82) is 0 Å². The van der Waals surface area contributed by atoms with E-state index in [0.29, 0.717) is 24.5 Å². The summed E-state index contributed by atoms with van der Waals surface area (Å²) in [6.45, 7) is 7.12. The monoisotopic (exact) mass is 498 g/mol. The standard InChI is InChI=1S/C26H31FN4O5/c1-13(2)28-20(25-29-14(3)12-36-25)15-7-8-30(10-15)22-19(27)9-17-21(24(22)35-4)31(16-5-6-16)11-18(23(17)32)26(33)34/h9,11-13,15-16,20,28H,5-8,10H2,1-4H3,(H,33,34). The molecule has 5 rings (SSSR count). The third-order valence-electron chi connectivity index (χ3n) is 7.00. The number of pyridine rings is 1. The molecule has 1 aliphatic heterocycles. The van der Waals surface area contributed by atoms with Crippen molar-refractivity contribution in [2.75, 3.05) is 25.1 Å². The van der Waals surface area contributed by atoms with Crippen LogP contribution in [0.2, 0.25) is 0 Å². The molecule has 3 aromatic rings. The average molecular weight is 499 g/mol. The Labute approximate surface area is 207 Å². The molecule has 9 nitrogen and oxygen atoms in total. The third kappa shape index (κ3) is 4.23. The van der Waals surface area contributed by atoms with E-state index in [4.69, 9.17) is 9.15 Å². The first-order valence-electron chi connectivity index (χ1n) is 12.3. The Morgan fingerprint density at radius 1 is 1.33 bits per heavy atom. The Balaban J connectivity index is 1.58. The van der Waals surface area contributed by atoms with Gasteiger partial charge in [-0.05, 0) is 32.3 Å². The van der Waals surface area contributed by atoms with Gasteiger partial charge in [-0.3, -0.25) is 4.79 Å². The van der Waals surface area contributed by atoms with Gasteiger partial charge in [0, 0.05) is 37.3 Å². The number of benzene rings is 1. The normalized spacial score (nSPS) is 18.8. The molecular weight excluding hydrogens is 467 g/mol. The zero-order chi connectivity index (χ0) is 25.7. The molecule has 3 heterocycles. The third-order valence-corrected chi connectivity index (χ3v) is 7.00. The number of carbonyl (C=O) groups is 1. The summed E-state index contributed by atoms with van der Waals surface area (Å²) in [6.07, 6.45) is 5.49. The zero-order valence-electron chi connectivity index (χ0n) is 20.9. The molecule has 2 fully saturated rings. The van der Waals surface area contributed by atoms with Crippen LogP contribution >= 0.6 is 0 Å². The van der Waals surface area contributed by atoms with E-state index in [9.17, 15) is 14.7 Å². The number of anilines is 1. The second-order valence-electron chi connectivity index (χ2n) is 10.1. The molecule has 36 heavy (non-hydrogen) atoms. The molecule has 0 amide bonds. The quantitative estimate of drug-likeness (QED) is 0.479. The zero-order valence-corrected chi connectivity index (χ0v) is 20.9. The van der Waals surface area contributed by atoms with Crippen LogP contribution in [0.5, 0.6) is 5.75 Å². The van der Waals surface area contributed by atoms with Gasteiger partial charge in [0.1, 0.15) is 17.5 Å². The van der Waals surface area contributed by atoms with E-state index < -0.39 is 17.2 Å². The first-order valence-corrected chi connectivity index (χ1v) is 12.3. The van der Waals surface area contributed by atoms with Crippen molar-refractivity contribution in [3.8, 4) is 5.75 Å². The number of aromatic nitrogens is 2. The predicted octanol–water partition coefficient (Wildman–Crippen LogP) is 4.04. The number of rotatable bonds is 8. The Morgan fingerprint density at radius 2 is 2.08 bits per heavy atom. The van der Waals surface area contributed by atoms with Gasteiger partial charge >= 0.3 is 5.97 Å². The summed E-state index contributed by atoms with van der Waals surface area (Å²) in [4.78, 5) is 31.1. The number of nitrogens with one attached hydrogen (secondary N) is 1. The molecule has 2 unspecified atom stereocenters. The van der Waals surface area contributed by atoms with Crippen molar-refractivity contribution < 1.29 is 23.4 Å². The SMILES string of the molecule is COc1c(N2CCC(C(NC(C)C)c3nc(C)co3)C2)c(F)cc2c(=O)c(C(=O)O)cn(C3CC3)c12. The van der Waals surface area contributed by atoms with E-state index in [0.717, 1.165) is 31.0 Å². The summed E-state index contributed by atoms with van der Waals surface area (Å²) in [5, 5.41) is 13.1. The number of carboxylic acid groups (broad SMARTS) is 1. The second-order valence-corrected chi connectivity index (χ2v) is 10.1. The number of nitrogens with zero attached hydrogens (tertiary/aromatic N) is 3. The lowest BCUT2D eigenvalue weighted by atomic mass is 9.98. The molecule has 0 spiro atoms. The minimum atomic E-state index is -1.33. The highest BCUT2D eigenvalue weighted by Gasteiger charge is 2.37. The van der Waals surface area contributed by atoms with Crippen LogP contribution in [-0.2, 0) is 0 Å². The number of ether oxygens (including phenoxy) is 1. The molecule has 1 aliphatic carbocycles. The van der Waals surface area contributed by atoms with Gasteiger partial charge in [0.2, 0.25) is 11.3 Å². The second kappa shape index (κ2) is 9.24. The fourth-order valence-electron chi connectivity index (χ4n) is 5.27.